The number of rotatable bonds is 12. The largest absolute Gasteiger partial charge is 0.506 e. The van der Waals surface area contributed by atoms with Gasteiger partial charge in [0.15, 0.2) is 0 Å². The highest BCUT2D eigenvalue weighted by Gasteiger charge is 2.55. The molecule has 2 amide bonds. The smallest absolute Gasteiger partial charge is 0.320 e. The number of likely N-dealkylation sites (tertiary alicyclic amines) is 1. The van der Waals surface area contributed by atoms with Gasteiger partial charge in [-0.05, 0) is 90.5 Å². The minimum atomic E-state index is -0.890. The number of phenols is 1. The molecular formula is C44H45N5O7. The lowest BCUT2D eigenvalue weighted by molar-refractivity contribution is -0.171. The number of carbonyl (C=O) groups is 3. The molecule has 5 N–H and O–H groups in total. The zero-order chi connectivity index (χ0) is 38.8. The van der Waals surface area contributed by atoms with E-state index in [9.17, 15) is 29.4 Å². The molecule has 12 nitrogen and oxygen atoms in total. The highest BCUT2D eigenvalue weighted by molar-refractivity contribution is 5.98. The van der Waals surface area contributed by atoms with E-state index in [-0.39, 0.29) is 66.9 Å². The van der Waals surface area contributed by atoms with Gasteiger partial charge in [-0.15, -0.1) is 0 Å². The quantitative estimate of drug-likeness (QED) is 0.118. The first-order valence-electron chi connectivity index (χ1n) is 19.1. The lowest BCUT2D eigenvalue weighted by atomic mass is 9.73. The fourth-order valence-corrected chi connectivity index (χ4v) is 8.25. The van der Waals surface area contributed by atoms with E-state index in [4.69, 9.17) is 4.74 Å². The maximum Gasteiger partial charge on any atom is 0.320 e. The van der Waals surface area contributed by atoms with Crippen LogP contribution in [0.4, 0.5) is 0 Å². The van der Waals surface area contributed by atoms with Crippen LogP contribution < -0.4 is 16.2 Å². The molecule has 2 atom stereocenters. The molecule has 5 aromatic rings. The normalized spacial score (nSPS) is 20.2. The lowest BCUT2D eigenvalue weighted by Gasteiger charge is -2.50. The summed E-state index contributed by atoms with van der Waals surface area (Å²) < 4.78 is 6.20. The Labute approximate surface area is 324 Å². The number of aromatic amines is 1. The molecule has 4 fully saturated rings. The van der Waals surface area contributed by atoms with E-state index in [1.54, 1.807) is 41.3 Å². The molecule has 4 aliphatic rings. The average Bonchev–Trinajstić information content (AvgIpc) is 3.21. The molecule has 288 valence electrons. The van der Waals surface area contributed by atoms with E-state index < -0.39 is 11.5 Å². The zero-order valence-electron chi connectivity index (χ0n) is 30.9. The van der Waals surface area contributed by atoms with Crippen molar-refractivity contribution in [3.05, 3.63) is 147 Å². The van der Waals surface area contributed by atoms with Gasteiger partial charge in [-0.2, -0.15) is 0 Å². The summed E-state index contributed by atoms with van der Waals surface area (Å²) in [6.07, 6.45) is 1.12. The van der Waals surface area contributed by atoms with Crippen molar-refractivity contribution in [2.45, 2.75) is 43.6 Å². The van der Waals surface area contributed by atoms with Gasteiger partial charge in [0.2, 0.25) is 5.56 Å². The van der Waals surface area contributed by atoms with E-state index in [1.165, 1.54) is 12.1 Å². The van der Waals surface area contributed by atoms with Gasteiger partial charge < -0.3 is 35.5 Å². The molecule has 4 aliphatic heterocycles. The fraction of sp³-hybridized carbons (Fsp3) is 0.318. The van der Waals surface area contributed by atoms with Crippen LogP contribution >= 0.6 is 0 Å². The Hall–Kier alpha value is -5.82. The van der Waals surface area contributed by atoms with Crippen LogP contribution in [0, 0.1) is 5.92 Å². The number of piperidine rings is 3. The number of ether oxygens (including phenoxy) is 1. The van der Waals surface area contributed by atoms with Crippen molar-refractivity contribution >= 4 is 28.7 Å². The Bertz CT molecular complexity index is 2280. The molecule has 4 saturated heterocycles. The topological polar surface area (TPSA) is 164 Å². The number of aromatic nitrogens is 1. The molecule has 9 rings (SSSR count). The maximum absolute atomic E-state index is 13.8. The van der Waals surface area contributed by atoms with E-state index in [1.807, 2.05) is 54.6 Å². The predicted octanol–water partition coefficient (Wildman–Crippen LogP) is 4.02. The molecule has 1 aromatic heterocycles. The SMILES string of the molecule is O=C(NCc1ccc(C(=O)N2CC(C(=O)O[C@H]3CN4CCC3CC4)(c3ccccc3)C2)cc1)c1ccc(CNCC(O)c2ccc(O)c3[nH]c(=O)ccc23)cc1. The molecule has 1 unspecified atom stereocenters. The van der Waals surface area contributed by atoms with Gasteiger partial charge in [0, 0.05) is 61.8 Å². The third kappa shape index (κ3) is 7.55. The first kappa shape index (κ1) is 37.1. The summed E-state index contributed by atoms with van der Waals surface area (Å²) in [5, 5.41) is 27.6. The number of aliphatic hydroxyl groups is 1. The number of esters is 1. The molecule has 0 radical (unpaired) electrons. The number of benzene rings is 4. The minimum Gasteiger partial charge on any atom is -0.506 e. The summed E-state index contributed by atoms with van der Waals surface area (Å²) in [5.74, 6) is -0.305. The van der Waals surface area contributed by atoms with Gasteiger partial charge in [0.1, 0.15) is 17.3 Å². The summed E-state index contributed by atoms with van der Waals surface area (Å²) >= 11 is 0. The van der Waals surface area contributed by atoms with Crippen molar-refractivity contribution in [1.29, 1.82) is 0 Å². The van der Waals surface area contributed by atoms with Gasteiger partial charge in [0.25, 0.3) is 11.8 Å². The van der Waals surface area contributed by atoms with Gasteiger partial charge in [-0.25, -0.2) is 0 Å². The number of hydrogen-bond acceptors (Lipinski definition) is 9. The maximum atomic E-state index is 13.8. The average molecular weight is 756 g/mol. The zero-order valence-corrected chi connectivity index (χ0v) is 30.9. The van der Waals surface area contributed by atoms with E-state index in [0.29, 0.717) is 34.5 Å². The highest BCUT2D eigenvalue weighted by Crippen LogP contribution is 2.39. The fourth-order valence-electron chi connectivity index (χ4n) is 8.25. The number of H-pyrrole nitrogens is 1. The standard InChI is InChI=1S/C44H45N5O7/c50-36-16-14-34(35-15-17-39(52)47-40(35)36)37(51)24-45-22-28-6-10-31(11-7-28)41(53)46-23-29-8-12-32(13-9-29)42(54)49-26-44(27-49,33-4-2-1-3-5-33)43(55)56-38-25-48-20-18-30(38)19-21-48/h1-17,30,37-38,45,50-51H,18-27H2,(H,46,53)(H,47,52)/t37?,38-/m0/s1. The Balaban J connectivity index is 0.814. The van der Waals surface area contributed by atoms with Gasteiger partial charge >= 0.3 is 5.97 Å². The number of hydrogen-bond donors (Lipinski definition) is 5. The van der Waals surface area contributed by atoms with Crippen LogP contribution in [0.15, 0.2) is 108 Å². The van der Waals surface area contributed by atoms with Crippen LogP contribution in [-0.2, 0) is 28.0 Å². The number of amides is 2. The second kappa shape index (κ2) is 15.7. The first-order chi connectivity index (χ1) is 27.2. The van der Waals surface area contributed by atoms with Crippen molar-refractivity contribution in [3.63, 3.8) is 0 Å². The molecule has 2 bridgehead atoms. The van der Waals surface area contributed by atoms with Crippen molar-refractivity contribution in [1.82, 2.24) is 25.4 Å². The molecule has 4 aromatic carbocycles. The third-order valence-electron chi connectivity index (χ3n) is 11.6. The molecule has 0 aliphatic carbocycles. The van der Waals surface area contributed by atoms with Crippen LogP contribution in [0.5, 0.6) is 5.75 Å². The summed E-state index contributed by atoms with van der Waals surface area (Å²) in [7, 11) is 0. The van der Waals surface area contributed by atoms with Crippen molar-refractivity contribution < 1.29 is 29.3 Å². The number of nitrogens with one attached hydrogen (secondary N) is 3. The van der Waals surface area contributed by atoms with E-state index in [2.05, 4.69) is 20.5 Å². The minimum absolute atomic E-state index is 0.0650. The van der Waals surface area contributed by atoms with Crippen LogP contribution in [-0.4, -0.2) is 88.2 Å². The Kier molecular flexibility index (Phi) is 10.4. The molecule has 0 saturated carbocycles. The van der Waals surface area contributed by atoms with Crippen molar-refractivity contribution in [2.75, 3.05) is 39.3 Å². The first-order valence-corrected chi connectivity index (χ1v) is 19.1. The number of pyridine rings is 1. The van der Waals surface area contributed by atoms with Crippen LogP contribution in [0.2, 0.25) is 0 Å². The van der Waals surface area contributed by atoms with Gasteiger partial charge in [0.05, 0.1) is 11.6 Å². The van der Waals surface area contributed by atoms with Crippen LogP contribution in [0.25, 0.3) is 10.9 Å². The highest BCUT2D eigenvalue weighted by atomic mass is 16.5. The van der Waals surface area contributed by atoms with Crippen LogP contribution in [0.1, 0.15) is 61.9 Å². The Morgan fingerprint density at radius 2 is 1.52 bits per heavy atom. The summed E-state index contributed by atoms with van der Waals surface area (Å²) in [6.45, 7) is 4.38. The third-order valence-corrected chi connectivity index (χ3v) is 11.6. The van der Waals surface area contributed by atoms with Crippen molar-refractivity contribution in [2.24, 2.45) is 5.92 Å². The molecular weight excluding hydrogens is 711 g/mol. The Morgan fingerprint density at radius 1 is 0.839 bits per heavy atom. The monoisotopic (exact) mass is 755 g/mol. The van der Waals surface area contributed by atoms with Gasteiger partial charge in [-0.1, -0.05) is 60.7 Å². The second-order valence-corrected chi connectivity index (χ2v) is 15.2. The number of carbonyl (C=O) groups excluding carboxylic acids is 3. The number of phenolic OH excluding ortho intramolecular Hbond substituents is 1. The molecule has 0 spiro atoms. The Morgan fingerprint density at radius 3 is 2.20 bits per heavy atom. The van der Waals surface area contributed by atoms with Crippen LogP contribution in [0.3, 0.4) is 0 Å². The lowest BCUT2D eigenvalue weighted by Crippen LogP contribution is -2.66. The number of aliphatic hydroxyl groups excluding tert-OH is 1. The predicted molar refractivity (Wildman–Crippen MR) is 210 cm³/mol. The number of aromatic hydroxyl groups is 1. The molecule has 5 heterocycles. The number of nitrogens with zero attached hydrogens (tertiary/aromatic N) is 2. The molecule has 56 heavy (non-hydrogen) atoms. The number of fused-ring (bicyclic) bond motifs is 4. The summed E-state index contributed by atoms with van der Waals surface area (Å²) in [6, 6.07) is 30.0. The van der Waals surface area contributed by atoms with Gasteiger partial charge in [-0.3, -0.25) is 24.1 Å². The second-order valence-electron chi connectivity index (χ2n) is 15.2. The summed E-state index contributed by atoms with van der Waals surface area (Å²) in [4.78, 5) is 58.7. The van der Waals surface area contributed by atoms with E-state index >= 15 is 0 Å². The summed E-state index contributed by atoms with van der Waals surface area (Å²) in [5.41, 5.74) is 3.26. The van der Waals surface area contributed by atoms with Crippen molar-refractivity contribution in [3.8, 4) is 5.75 Å². The van der Waals surface area contributed by atoms with E-state index in [0.717, 1.165) is 49.2 Å². The molecule has 12 heteroatoms.